The highest BCUT2D eigenvalue weighted by Gasteiger charge is 2.18. The number of para-hydroxylation sites is 1. The van der Waals surface area contributed by atoms with Crippen LogP contribution in [0.25, 0.3) is 6.08 Å². The van der Waals surface area contributed by atoms with Crippen molar-refractivity contribution in [2.24, 2.45) is 0 Å². The number of hydrogen-bond acceptors (Lipinski definition) is 4. The van der Waals surface area contributed by atoms with Crippen molar-refractivity contribution in [3.05, 3.63) is 70.0 Å². The van der Waals surface area contributed by atoms with E-state index in [1.807, 2.05) is 0 Å². The van der Waals surface area contributed by atoms with Gasteiger partial charge in [0.05, 0.1) is 5.69 Å². The largest absolute Gasteiger partial charge is 0.449 e. The zero-order valence-corrected chi connectivity index (χ0v) is 16.2. The van der Waals surface area contributed by atoms with E-state index in [0.717, 1.165) is 6.08 Å². The molecule has 0 fully saturated rings. The Morgan fingerprint density at radius 1 is 1.19 bits per heavy atom. The van der Waals surface area contributed by atoms with Crippen molar-refractivity contribution in [3.63, 3.8) is 0 Å². The van der Waals surface area contributed by atoms with Crippen LogP contribution >= 0.6 is 15.9 Å². The smallest absolute Gasteiger partial charge is 0.331 e. The maximum Gasteiger partial charge on any atom is 0.331 e. The van der Waals surface area contributed by atoms with Crippen LogP contribution in [0.3, 0.4) is 0 Å². The molecule has 0 bridgehead atoms. The lowest BCUT2D eigenvalue weighted by Crippen LogP contribution is -2.30. The maximum absolute atomic E-state index is 13.6. The van der Waals surface area contributed by atoms with Gasteiger partial charge >= 0.3 is 5.97 Å². The van der Waals surface area contributed by atoms with Gasteiger partial charge in [0, 0.05) is 21.7 Å². The molecule has 1 N–H and O–H groups in total. The molecule has 0 saturated heterocycles. The second-order valence-electron chi connectivity index (χ2n) is 5.67. The second-order valence-corrected chi connectivity index (χ2v) is 6.58. The fraction of sp³-hybridized carbons (Fsp3) is 0.150. The molecule has 0 aliphatic heterocycles. The third-order valence-electron chi connectivity index (χ3n) is 3.58. The summed E-state index contributed by atoms with van der Waals surface area (Å²) in [6.45, 7) is 2.79. The van der Waals surface area contributed by atoms with Crippen LogP contribution < -0.4 is 5.32 Å². The van der Waals surface area contributed by atoms with Crippen LogP contribution in [-0.2, 0) is 14.3 Å². The molecule has 0 saturated carbocycles. The van der Waals surface area contributed by atoms with Gasteiger partial charge < -0.3 is 10.1 Å². The Kier molecular flexibility index (Phi) is 7.01. The minimum absolute atomic E-state index is 0.200. The van der Waals surface area contributed by atoms with Gasteiger partial charge in [-0.3, -0.25) is 9.59 Å². The number of rotatable bonds is 6. The highest BCUT2D eigenvalue weighted by Crippen LogP contribution is 2.18. The maximum atomic E-state index is 13.6. The van der Waals surface area contributed by atoms with E-state index in [1.54, 1.807) is 24.3 Å². The minimum Gasteiger partial charge on any atom is -0.449 e. The predicted octanol–water partition coefficient (Wildman–Crippen LogP) is 4.37. The lowest BCUT2D eigenvalue weighted by molar-refractivity contribution is -0.148. The first-order valence-electron chi connectivity index (χ1n) is 8.02. The average molecular weight is 434 g/mol. The number of benzene rings is 2. The molecule has 7 heteroatoms. The molecule has 5 nitrogen and oxygen atoms in total. The Labute approximate surface area is 164 Å². The number of esters is 1. The van der Waals surface area contributed by atoms with Gasteiger partial charge in [0.2, 0.25) is 0 Å². The molecule has 0 aromatic heterocycles. The lowest BCUT2D eigenvalue weighted by Gasteiger charge is -2.14. The second kappa shape index (κ2) is 9.23. The molecule has 2 aromatic rings. The first-order valence-corrected chi connectivity index (χ1v) is 8.82. The first kappa shape index (κ1) is 20.5. The SMILES string of the molecule is CC(=O)c1ccccc1NC(=O)C(C)OC(=O)/C=C/c1cc(Br)ccc1F. The van der Waals surface area contributed by atoms with E-state index in [1.165, 1.54) is 38.1 Å². The molecule has 1 unspecified atom stereocenters. The van der Waals surface area contributed by atoms with Crippen molar-refractivity contribution in [1.29, 1.82) is 0 Å². The molecule has 1 atom stereocenters. The number of carbonyl (C=O) groups excluding carboxylic acids is 3. The summed E-state index contributed by atoms with van der Waals surface area (Å²) in [6.07, 6.45) is 1.20. The summed E-state index contributed by atoms with van der Waals surface area (Å²) in [7, 11) is 0. The number of halogens is 2. The average Bonchev–Trinajstić information content (AvgIpc) is 2.62. The highest BCUT2D eigenvalue weighted by atomic mass is 79.9. The number of nitrogens with one attached hydrogen (secondary N) is 1. The molecule has 0 aliphatic rings. The van der Waals surface area contributed by atoms with Gasteiger partial charge in [-0.15, -0.1) is 0 Å². The zero-order valence-electron chi connectivity index (χ0n) is 14.7. The molecule has 1 amide bonds. The zero-order chi connectivity index (χ0) is 20.0. The Balaban J connectivity index is 2.00. The van der Waals surface area contributed by atoms with Crippen LogP contribution in [0.15, 0.2) is 53.0 Å². The Bertz CT molecular complexity index is 911. The van der Waals surface area contributed by atoms with E-state index in [2.05, 4.69) is 21.2 Å². The van der Waals surface area contributed by atoms with E-state index in [-0.39, 0.29) is 11.3 Å². The summed E-state index contributed by atoms with van der Waals surface area (Å²) >= 11 is 3.22. The quantitative estimate of drug-likeness (QED) is 0.416. The van der Waals surface area contributed by atoms with Crippen molar-refractivity contribution < 1.29 is 23.5 Å². The molecule has 0 spiro atoms. The standard InChI is InChI=1S/C20H17BrFNO4/c1-12(24)16-5-3-4-6-18(16)23-20(26)13(2)27-19(25)10-7-14-11-15(21)8-9-17(14)22/h3-11,13H,1-2H3,(H,23,26)/b10-7+. The fourth-order valence-electron chi connectivity index (χ4n) is 2.20. The molecule has 0 aliphatic carbocycles. The molecule has 2 rings (SSSR count). The molecule has 2 aromatic carbocycles. The van der Waals surface area contributed by atoms with Crippen LogP contribution in [-0.4, -0.2) is 23.8 Å². The van der Waals surface area contributed by atoms with Gasteiger partial charge in [0.1, 0.15) is 5.82 Å². The van der Waals surface area contributed by atoms with E-state index >= 15 is 0 Å². The van der Waals surface area contributed by atoms with E-state index in [0.29, 0.717) is 15.7 Å². The first-order chi connectivity index (χ1) is 12.8. The van der Waals surface area contributed by atoms with Crippen LogP contribution in [0.1, 0.15) is 29.8 Å². The fourth-order valence-corrected chi connectivity index (χ4v) is 2.58. The van der Waals surface area contributed by atoms with Crippen LogP contribution in [0.2, 0.25) is 0 Å². The van der Waals surface area contributed by atoms with Gasteiger partial charge in [-0.25, -0.2) is 9.18 Å². The number of ether oxygens (including phenoxy) is 1. The van der Waals surface area contributed by atoms with Crippen LogP contribution in [0.4, 0.5) is 10.1 Å². The summed E-state index contributed by atoms with van der Waals surface area (Å²) in [6, 6.07) is 10.8. The summed E-state index contributed by atoms with van der Waals surface area (Å²) in [5.74, 6) is -2.07. The normalized spacial score (nSPS) is 11.9. The van der Waals surface area contributed by atoms with Crippen molar-refractivity contribution in [1.82, 2.24) is 0 Å². The number of Topliss-reactive ketones (excluding diaryl/α,β-unsaturated/α-hetero) is 1. The summed E-state index contributed by atoms with van der Waals surface area (Å²) in [5, 5.41) is 2.56. The third kappa shape index (κ3) is 5.86. The van der Waals surface area contributed by atoms with Crippen molar-refractivity contribution in [2.75, 3.05) is 5.32 Å². The number of amides is 1. The summed E-state index contributed by atoms with van der Waals surface area (Å²) in [4.78, 5) is 35.7. The Hall–Kier alpha value is -2.80. The monoisotopic (exact) mass is 433 g/mol. The van der Waals surface area contributed by atoms with Crippen molar-refractivity contribution in [2.45, 2.75) is 20.0 Å². The predicted molar refractivity (Wildman–Crippen MR) is 104 cm³/mol. The number of hydrogen-bond donors (Lipinski definition) is 1. The number of carbonyl (C=O) groups is 3. The molecular weight excluding hydrogens is 417 g/mol. The van der Waals surface area contributed by atoms with Gasteiger partial charge in [-0.1, -0.05) is 28.1 Å². The Morgan fingerprint density at radius 2 is 1.89 bits per heavy atom. The minimum atomic E-state index is -1.10. The number of ketones is 1. The Morgan fingerprint density at radius 3 is 2.59 bits per heavy atom. The van der Waals surface area contributed by atoms with Gasteiger partial charge in [0.15, 0.2) is 11.9 Å². The molecule has 0 heterocycles. The third-order valence-corrected chi connectivity index (χ3v) is 4.08. The molecule has 0 radical (unpaired) electrons. The van der Waals surface area contributed by atoms with E-state index in [4.69, 9.17) is 4.74 Å². The summed E-state index contributed by atoms with van der Waals surface area (Å²) < 4.78 is 19.3. The topological polar surface area (TPSA) is 72.5 Å². The van der Waals surface area contributed by atoms with Gasteiger partial charge in [0.25, 0.3) is 5.91 Å². The molecule has 27 heavy (non-hydrogen) atoms. The number of anilines is 1. The van der Waals surface area contributed by atoms with Crippen molar-refractivity contribution in [3.8, 4) is 0 Å². The molecular formula is C20H17BrFNO4. The van der Waals surface area contributed by atoms with Gasteiger partial charge in [-0.05, 0) is 50.3 Å². The summed E-state index contributed by atoms with van der Waals surface area (Å²) in [5.41, 5.74) is 0.896. The van der Waals surface area contributed by atoms with E-state index in [9.17, 15) is 18.8 Å². The van der Waals surface area contributed by atoms with Crippen molar-refractivity contribution >= 4 is 45.4 Å². The lowest BCUT2D eigenvalue weighted by atomic mass is 10.1. The van der Waals surface area contributed by atoms with E-state index < -0.39 is 23.8 Å². The van der Waals surface area contributed by atoms with Crippen LogP contribution in [0.5, 0.6) is 0 Å². The highest BCUT2D eigenvalue weighted by molar-refractivity contribution is 9.10. The van der Waals surface area contributed by atoms with Crippen LogP contribution in [0, 0.1) is 5.82 Å². The molecule has 140 valence electrons. The van der Waals surface area contributed by atoms with Gasteiger partial charge in [-0.2, -0.15) is 0 Å².